The van der Waals surface area contributed by atoms with Gasteiger partial charge in [0, 0.05) is 48.6 Å². The molecule has 1 aromatic heterocycles. The molecule has 0 aliphatic carbocycles. The van der Waals surface area contributed by atoms with Crippen LogP contribution in [0.1, 0.15) is 29.8 Å². The van der Waals surface area contributed by atoms with Crippen molar-refractivity contribution < 1.29 is 13.9 Å². The van der Waals surface area contributed by atoms with Crippen molar-refractivity contribution in [1.82, 2.24) is 15.2 Å². The molecule has 0 fully saturated rings. The Balaban J connectivity index is 1.46. The Bertz CT molecular complexity index is 1030. The lowest BCUT2D eigenvalue weighted by Crippen LogP contribution is -2.42. The maximum absolute atomic E-state index is 14.5. The third kappa shape index (κ3) is 5.47. The number of aromatic nitrogens is 1. The highest BCUT2D eigenvalue weighted by Crippen LogP contribution is 2.31. The predicted molar refractivity (Wildman–Crippen MR) is 117 cm³/mol. The standard InChI is InChI=1S/C25H26FN3O2/c1-18(14-20-9-6-7-13-27-20)28-25(30)17-29-15-19-8-2-5-12-23(19)31-24(16-29)21-10-3-4-11-22(21)26/h2-13,18,24H,14-17H2,1H3,(H,28,30)/t18-,24+/m0/s1. The molecule has 2 heterocycles. The van der Waals surface area contributed by atoms with Crippen LogP contribution in [0.3, 0.4) is 0 Å². The minimum atomic E-state index is -0.497. The largest absolute Gasteiger partial charge is 0.484 e. The molecular weight excluding hydrogens is 393 g/mol. The molecule has 5 nitrogen and oxygen atoms in total. The monoisotopic (exact) mass is 419 g/mol. The fraction of sp³-hybridized carbons (Fsp3) is 0.280. The van der Waals surface area contributed by atoms with Gasteiger partial charge in [0.2, 0.25) is 5.91 Å². The van der Waals surface area contributed by atoms with Gasteiger partial charge in [0.1, 0.15) is 17.7 Å². The number of pyridine rings is 1. The van der Waals surface area contributed by atoms with Gasteiger partial charge in [-0.3, -0.25) is 14.7 Å². The number of fused-ring (bicyclic) bond motifs is 1. The van der Waals surface area contributed by atoms with Crippen molar-refractivity contribution in [3.63, 3.8) is 0 Å². The molecule has 2 aromatic carbocycles. The van der Waals surface area contributed by atoms with E-state index in [2.05, 4.69) is 10.3 Å². The van der Waals surface area contributed by atoms with Crippen molar-refractivity contribution >= 4 is 5.91 Å². The number of halogens is 1. The second kappa shape index (κ2) is 9.71. The van der Waals surface area contributed by atoms with E-state index in [0.717, 1.165) is 17.0 Å². The van der Waals surface area contributed by atoms with E-state index in [4.69, 9.17) is 4.74 Å². The van der Waals surface area contributed by atoms with E-state index in [0.29, 0.717) is 25.1 Å². The number of rotatable bonds is 6. The molecule has 4 rings (SSSR count). The van der Waals surface area contributed by atoms with Gasteiger partial charge in [-0.1, -0.05) is 42.5 Å². The van der Waals surface area contributed by atoms with Gasteiger partial charge >= 0.3 is 0 Å². The SMILES string of the molecule is C[C@@H](Cc1ccccn1)NC(=O)CN1Cc2ccccc2O[C@@H](c2ccccc2F)C1. The fourth-order valence-corrected chi connectivity index (χ4v) is 3.91. The Labute approximate surface area is 181 Å². The molecule has 1 amide bonds. The first-order valence-corrected chi connectivity index (χ1v) is 10.5. The van der Waals surface area contributed by atoms with Crippen LogP contribution in [0, 0.1) is 5.82 Å². The third-order valence-corrected chi connectivity index (χ3v) is 5.33. The summed E-state index contributed by atoms with van der Waals surface area (Å²) < 4.78 is 20.6. The number of amides is 1. The van der Waals surface area contributed by atoms with Crippen molar-refractivity contribution in [1.29, 1.82) is 0 Å². The van der Waals surface area contributed by atoms with E-state index < -0.39 is 6.10 Å². The van der Waals surface area contributed by atoms with Gasteiger partial charge in [-0.05, 0) is 31.2 Å². The fourth-order valence-electron chi connectivity index (χ4n) is 3.91. The Hall–Kier alpha value is -3.25. The van der Waals surface area contributed by atoms with E-state index in [1.807, 2.05) is 54.3 Å². The summed E-state index contributed by atoms with van der Waals surface area (Å²) in [5, 5.41) is 3.05. The first kappa shape index (κ1) is 21.0. The Morgan fingerprint density at radius 2 is 1.94 bits per heavy atom. The predicted octanol–water partition coefficient (Wildman–Crippen LogP) is 3.90. The maximum Gasteiger partial charge on any atom is 0.234 e. The summed E-state index contributed by atoms with van der Waals surface area (Å²) in [5.41, 5.74) is 2.41. The number of carbonyl (C=O) groups excluding carboxylic acids is 1. The second-order valence-electron chi connectivity index (χ2n) is 7.90. The summed E-state index contributed by atoms with van der Waals surface area (Å²) in [7, 11) is 0. The second-order valence-corrected chi connectivity index (χ2v) is 7.90. The first-order chi connectivity index (χ1) is 15.1. The van der Waals surface area contributed by atoms with Gasteiger partial charge in [-0.15, -0.1) is 0 Å². The van der Waals surface area contributed by atoms with Crippen LogP contribution in [0.2, 0.25) is 0 Å². The van der Waals surface area contributed by atoms with Crippen LogP contribution in [0.4, 0.5) is 4.39 Å². The summed E-state index contributed by atoms with van der Waals surface area (Å²) in [6, 6.07) is 20.1. The molecule has 31 heavy (non-hydrogen) atoms. The number of carbonyl (C=O) groups is 1. The lowest BCUT2D eigenvalue weighted by molar-refractivity contribution is -0.123. The average Bonchev–Trinajstić information content (AvgIpc) is 2.93. The first-order valence-electron chi connectivity index (χ1n) is 10.5. The van der Waals surface area contributed by atoms with Gasteiger partial charge in [0.25, 0.3) is 0 Å². The summed E-state index contributed by atoms with van der Waals surface area (Å²) in [6.45, 7) is 3.14. The number of nitrogens with one attached hydrogen (secondary N) is 1. The quantitative estimate of drug-likeness (QED) is 0.658. The number of hydrogen-bond acceptors (Lipinski definition) is 4. The van der Waals surface area contributed by atoms with Crippen molar-refractivity contribution in [3.8, 4) is 5.75 Å². The van der Waals surface area contributed by atoms with E-state index in [-0.39, 0.29) is 24.3 Å². The molecule has 1 aliphatic rings. The van der Waals surface area contributed by atoms with Gasteiger partial charge in [-0.2, -0.15) is 0 Å². The summed E-state index contributed by atoms with van der Waals surface area (Å²) in [5.74, 6) is 0.345. The molecule has 0 radical (unpaired) electrons. The van der Waals surface area contributed by atoms with Crippen LogP contribution < -0.4 is 10.1 Å². The Morgan fingerprint density at radius 1 is 1.16 bits per heavy atom. The van der Waals surface area contributed by atoms with Crippen LogP contribution in [0.25, 0.3) is 0 Å². The Kier molecular flexibility index (Phi) is 6.57. The minimum Gasteiger partial charge on any atom is -0.484 e. The minimum absolute atomic E-state index is 0.0414. The number of ether oxygens (including phenoxy) is 1. The molecule has 0 bridgehead atoms. The molecule has 6 heteroatoms. The molecule has 1 N–H and O–H groups in total. The molecule has 2 atom stereocenters. The molecule has 3 aromatic rings. The number of hydrogen-bond donors (Lipinski definition) is 1. The van der Waals surface area contributed by atoms with Crippen LogP contribution >= 0.6 is 0 Å². The maximum atomic E-state index is 14.5. The molecule has 0 saturated carbocycles. The highest BCUT2D eigenvalue weighted by Gasteiger charge is 2.27. The lowest BCUT2D eigenvalue weighted by atomic mass is 10.1. The normalized spacial score (nSPS) is 17.2. The highest BCUT2D eigenvalue weighted by molar-refractivity contribution is 5.78. The van der Waals surface area contributed by atoms with Crippen LogP contribution in [0.5, 0.6) is 5.75 Å². The number of para-hydroxylation sites is 1. The van der Waals surface area contributed by atoms with Crippen LogP contribution in [-0.4, -0.2) is 34.9 Å². The van der Waals surface area contributed by atoms with Crippen LogP contribution in [-0.2, 0) is 17.8 Å². The zero-order valence-electron chi connectivity index (χ0n) is 17.5. The van der Waals surface area contributed by atoms with Gasteiger partial charge < -0.3 is 10.1 Å². The number of nitrogens with zero attached hydrogens (tertiary/aromatic N) is 2. The van der Waals surface area contributed by atoms with Gasteiger partial charge in [-0.25, -0.2) is 4.39 Å². The smallest absolute Gasteiger partial charge is 0.234 e. The molecule has 0 unspecified atom stereocenters. The molecule has 160 valence electrons. The van der Waals surface area contributed by atoms with Crippen molar-refractivity contribution in [2.75, 3.05) is 13.1 Å². The third-order valence-electron chi connectivity index (χ3n) is 5.33. The van der Waals surface area contributed by atoms with Crippen molar-refractivity contribution in [2.45, 2.75) is 32.0 Å². The lowest BCUT2D eigenvalue weighted by Gasteiger charge is -2.24. The van der Waals surface area contributed by atoms with E-state index in [1.165, 1.54) is 6.07 Å². The van der Waals surface area contributed by atoms with Crippen LogP contribution in [0.15, 0.2) is 72.9 Å². The topological polar surface area (TPSA) is 54.5 Å². The summed E-state index contributed by atoms with van der Waals surface area (Å²) in [4.78, 5) is 19.1. The summed E-state index contributed by atoms with van der Waals surface area (Å²) in [6.07, 6.45) is 1.92. The van der Waals surface area contributed by atoms with E-state index in [9.17, 15) is 9.18 Å². The van der Waals surface area contributed by atoms with Gasteiger partial charge in [0.15, 0.2) is 0 Å². The zero-order valence-corrected chi connectivity index (χ0v) is 17.5. The van der Waals surface area contributed by atoms with Gasteiger partial charge in [0.05, 0.1) is 6.54 Å². The molecule has 1 aliphatic heterocycles. The van der Waals surface area contributed by atoms with Crippen molar-refractivity contribution in [3.05, 3.63) is 95.6 Å². The Morgan fingerprint density at radius 3 is 2.74 bits per heavy atom. The van der Waals surface area contributed by atoms with Crippen molar-refractivity contribution in [2.24, 2.45) is 0 Å². The molecule has 0 saturated heterocycles. The number of benzene rings is 2. The molecule has 0 spiro atoms. The average molecular weight is 420 g/mol. The highest BCUT2D eigenvalue weighted by atomic mass is 19.1. The summed E-state index contributed by atoms with van der Waals surface area (Å²) >= 11 is 0. The van der Waals surface area contributed by atoms with E-state index >= 15 is 0 Å². The zero-order chi connectivity index (χ0) is 21.6. The molecular formula is C25H26FN3O2. The van der Waals surface area contributed by atoms with E-state index in [1.54, 1.807) is 24.4 Å².